The number of primary amides is 1. The number of carboxylic acid groups (broad SMARTS) is 1. The van der Waals surface area contributed by atoms with Crippen molar-refractivity contribution in [3.8, 4) is 0 Å². The minimum Gasteiger partial charge on any atom is -0.480 e. The van der Waals surface area contributed by atoms with Crippen LogP contribution in [-0.2, 0) is 24.0 Å². The van der Waals surface area contributed by atoms with Crippen LogP contribution in [0.1, 0.15) is 19.3 Å². The Bertz CT molecular complexity index is 670. The topological polar surface area (TPSA) is 258 Å². The van der Waals surface area contributed by atoms with Crippen LogP contribution in [0.3, 0.4) is 0 Å². The molecule has 0 aliphatic heterocycles. The van der Waals surface area contributed by atoms with E-state index >= 15 is 0 Å². The fourth-order valence-electron chi connectivity index (χ4n) is 2.07. The number of hydrogen-bond acceptors (Lipinski definition) is 8. The monoisotopic (exact) mass is 448 g/mol. The van der Waals surface area contributed by atoms with Gasteiger partial charge in [0.1, 0.15) is 12.1 Å². The summed E-state index contributed by atoms with van der Waals surface area (Å²) in [5, 5.41) is 15.9. The first-order valence-electron chi connectivity index (χ1n) is 8.78. The molecular formula is C15H28N8O6S. The van der Waals surface area contributed by atoms with Crippen LogP contribution >= 0.6 is 12.6 Å². The molecule has 0 heterocycles. The van der Waals surface area contributed by atoms with Gasteiger partial charge in [-0.15, -0.1) is 0 Å². The lowest BCUT2D eigenvalue weighted by Gasteiger charge is -2.21. The Kier molecular flexibility index (Phi) is 12.6. The zero-order valence-electron chi connectivity index (χ0n) is 16.2. The molecule has 3 unspecified atom stereocenters. The van der Waals surface area contributed by atoms with E-state index in [9.17, 15) is 24.0 Å². The van der Waals surface area contributed by atoms with Crippen molar-refractivity contribution in [1.82, 2.24) is 16.0 Å². The Morgan fingerprint density at radius 1 is 1.00 bits per heavy atom. The molecule has 0 fully saturated rings. The van der Waals surface area contributed by atoms with E-state index in [-0.39, 0.29) is 31.1 Å². The minimum absolute atomic E-state index is 0.0430. The third-order valence-electron chi connectivity index (χ3n) is 3.57. The summed E-state index contributed by atoms with van der Waals surface area (Å²) in [4.78, 5) is 62.1. The second-order valence-corrected chi connectivity index (χ2v) is 6.51. The summed E-state index contributed by atoms with van der Waals surface area (Å²) in [6.07, 6.45) is -0.324. The fourth-order valence-corrected chi connectivity index (χ4v) is 2.24. The lowest BCUT2D eigenvalue weighted by Crippen LogP contribution is -2.54. The zero-order valence-corrected chi connectivity index (χ0v) is 17.1. The summed E-state index contributed by atoms with van der Waals surface area (Å²) < 4.78 is 0. The van der Waals surface area contributed by atoms with Gasteiger partial charge in [0.05, 0.1) is 19.0 Å². The second kappa shape index (κ2) is 14.0. The number of carbonyl (C=O) groups excluding carboxylic acids is 4. The normalized spacial score (nSPS) is 13.3. The van der Waals surface area contributed by atoms with Gasteiger partial charge < -0.3 is 44.0 Å². The average molecular weight is 449 g/mol. The van der Waals surface area contributed by atoms with Gasteiger partial charge in [-0.3, -0.25) is 24.2 Å². The third kappa shape index (κ3) is 11.7. The number of hydrogen-bond donors (Lipinski definition) is 9. The molecule has 12 N–H and O–H groups in total. The summed E-state index contributed by atoms with van der Waals surface area (Å²) in [5.74, 6) is -4.68. The molecule has 0 aromatic carbocycles. The number of nitrogens with two attached hydrogens (primary N) is 4. The Hall–Kier alpha value is -3.07. The molecule has 0 saturated heterocycles. The Balaban J connectivity index is 5.06. The molecule has 0 aromatic rings. The highest BCUT2D eigenvalue weighted by atomic mass is 32.1. The maximum atomic E-state index is 12.5. The average Bonchev–Trinajstić information content (AvgIpc) is 2.66. The van der Waals surface area contributed by atoms with Crippen LogP contribution in [0.5, 0.6) is 0 Å². The number of aliphatic carboxylic acids is 1. The zero-order chi connectivity index (χ0) is 23.3. The molecule has 0 radical (unpaired) electrons. The Morgan fingerprint density at radius 2 is 1.63 bits per heavy atom. The first-order valence-corrected chi connectivity index (χ1v) is 9.41. The van der Waals surface area contributed by atoms with Crippen molar-refractivity contribution in [2.24, 2.45) is 27.9 Å². The van der Waals surface area contributed by atoms with Gasteiger partial charge in [0.25, 0.3) is 0 Å². The van der Waals surface area contributed by atoms with E-state index in [0.29, 0.717) is 0 Å². The number of thiol groups is 1. The predicted octanol–water partition coefficient (Wildman–Crippen LogP) is -4.66. The lowest BCUT2D eigenvalue weighted by atomic mass is 10.1. The molecule has 4 amide bonds. The van der Waals surface area contributed by atoms with E-state index < -0.39 is 60.7 Å². The van der Waals surface area contributed by atoms with Gasteiger partial charge in [-0.1, -0.05) is 0 Å². The highest BCUT2D eigenvalue weighted by Gasteiger charge is 2.27. The molecule has 0 rings (SSSR count). The number of nitrogens with one attached hydrogen (secondary N) is 3. The third-order valence-corrected chi connectivity index (χ3v) is 3.97. The van der Waals surface area contributed by atoms with E-state index in [4.69, 9.17) is 28.0 Å². The molecule has 0 bridgehead atoms. The van der Waals surface area contributed by atoms with Crippen LogP contribution in [0.15, 0.2) is 4.99 Å². The van der Waals surface area contributed by atoms with Gasteiger partial charge in [0.15, 0.2) is 5.96 Å². The minimum atomic E-state index is -1.57. The SMILES string of the molecule is NC(=O)CC(NC(=O)C(CCCN=C(N)N)NC(=O)CNC(=O)C(N)CS)C(=O)O. The van der Waals surface area contributed by atoms with Gasteiger partial charge in [-0.2, -0.15) is 12.6 Å². The van der Waals surface area contributed by atoms with Crippen molar-refractivity contribution in [2.45, 2.75) is 37.4 Å². The molecule has 0 aliphatic carbocycles. The maximum Gasteiger partial charge on any atom is 0.326 e. The van der Waals surface area contributed by atoms with E-state index in [1.54, 1.807) is 0 Å². The molecule has 14 nitrogen and oxygen atoms in total. The van der Waals surface area contributed by atoms with Crippen LogP contribution in [0.4, 0.5) is 0 Å². The number of aliphatic imine (C=N–C) groups is 1. The van der Waals surface area contributed by atoms with E-state index in [1.807, 2.05) is 0 Å². The largest absolute Gasteiger partial charge is 0.480 e. The molecule has 0 saturated carbocycles. The molecule has 170 valence electrons. The highest BCUT2D eigenvalue weighted by molar-refractivity contribution is 7.80. The first-order chi connectivity index (χ1) is 14.0. The van der Waals surface area contributed by atoms with Crippen molar-refractivity contribution in [3.63, 3.8) is 0 Å². The number of carbonyl (C=O) groups is 5. The Labute approximate surface area is 178 Å². The predicted molar refractivity (Wildman–Crippen MR) is 110 cm³/mol. The van der Waals surface area contributed by atoms with Crippen LogP contribution < -0.4 is 38.9 Å². The van der Waals surface area contributed by atoms with Crippen molar-refractivity contribution in [1.29, 1.82) is 0 Å². The number of guanidine groups is 1. The number of nitrogens with zero attached hydrogens (tertiary/aromatic N) is 1. The Morgan fingerprint density at radius 3 is 2.13 bits per heavy atom. The van der Waals surface area contributed by atoms with Gasteiger partial charge >= 0.3 is 5.97 Å². The summed E-state index contributed by atoms with van der Waals surface area (Å²) in [6.45, 7) is -0.319. The molecule has 15 heteroatoms. The van der Waals surface area contributed by atoms with Crippen molar-refractivity contribution in [3.05, 3.63) is 0 Å². The molecule has 0 aliphatic rings. The number of carboxylic acids is 1. The summed E-state index contributed by atoms with van der Waals surface area (Å²) >= 11 is 3.87. The van der Waals surface area contributed by atoms with Gasteiger partial charge in [0, 0.05) is 12.3 Å². The van der Waals surface area contributed by atoms with E-state index in [0.717, 1.165) is 0 Å². The standard InChI is InChI=1S/C15H28N8O6S/c16-7(6-30)12(26)21-5-11(25)22-8(2-1-3-20-15(18)19)13(27)23-9(14(28)29)4-10(17)24/h7-9,30H,1-6,16H2,(H2,17,24)(H,21,26)(H,22,25)(H,23,27)(H,28,29)(H4,18,19,20). The molecule has 3 atom stereocenters. The van der Waals surface area contributed by atoms with Crippen LogP contribution in [0.2, 0.25) is 0 Å². The van der Waals surface area contributed by atoms with Gasteiger partial charge in [0.2, 0.25) is 23.6 Å². The number of amides is 4. The van der Waals surface area contributed by atoms with Gasteiger partial charge in [-0.05, 0) is 12.8 Å². The second-order valence-electron chi connectivity index (χ2n) is 6.15. The van der Waals surface area contributed by atoms with Crippen LogP contribution in [0.25, 0.3) is 0 Å². The summed E-state index contributed by atoms with van der Waals surface area (Å²) in [6, 6.07) is -3.66. The van der Waals surface area contributed by atoms with E-state index in [2.05, 4.69) is 33.6 Å². The van der Waals surface area contributed by atoms with Crippen LogP contribution in [-0.4, -0.2) is 77.6 Å². The lowest BCUT2D eigenvalue weighted by molar-refractivity contribution is -0.143. The van der Waals surface area contributed by atoms with Crippen LogP contribution in [0, 0.1) is 0 Å². The molecular weight excluding hydrogens is 420 g/mol. The first kappa shape index (κ1) is 26.9. The highest BCUT2D eigenvalue weighted by Crippen LogP contribution is 2.01. The van der Waals surface area contributed by atoms with Crippen molar-refractivity contribution >= 4 is 48.2 Å². The fraction of sp³-hybridized carbons (Fsp3) is 0.600. The quantitative estimate of drug-likeness (QED) is 0.0534. The van der Waals surface area contributed by atoms with Crippen molar-refractivity contribution in [2.75, 3.05) is 18.8 Å². The van der Waals surface area contributed by atoms with Crippen molar-refractivity contribution < 1.29 is 29.1 Å². The number of rotatable bonds is 14. The smallest absolute Gasteiger partial charge is 0.326 e. The molecule has 30 heavy (non-hydrogen) atoms. The summed E-state index contributed by atoms with van der Waals surface area (Å²) in [7, 11) is 0. The molecule has 0 aromatic heterocycles. The summed E-state index contributed by atoms with van der Waals surface area (Å²) in [5.41, 5.74) is 20.9. The van der Waals surface area contributed by atoms with E-state index in [1.165, 1.54) is 0 Å². The molecule has 0 spiro atoms. The maximum absolute atomic E-state index is 12.5. The van der Waals surface area contributed by atoms with Gasteiger partial charge in [-0.25, -0.2) is 4.79 Å².